The third kappa shape index (κ3) is 5.23. The van der Waals surface area contributed by atoms with E-state index >= 15 is 0 Å². The number of rotatable bonds is 3. The summed E-state index contributed by atoms with van der Waals surface area (Å²) in [5.74, 6) is 3.03. The number of ether oxygens (including phenoxy) is 1. The molecule has 0 aromatic carbocycles. The summed E-state index contributed by atoms with van der Waals surface area (Å²) < 4.78 is 5.52. The van der Waals surface area contributed by atoms with Crippen LogP contribution in [-0.4, -0.2) is 78.7 Å². The van der Waals surface area contributed by atoms with Gasteiger partial charge in [-0.3, -0.25) is 9.89 Å². The first-order chi connectivity index (χ1) is 9.09. The molecule has 2 heterocycles. The first kappa shape index (κ1) is 18.3. The van der Waals surface area contributed by atoms with E-state index in [0.717, 1.165) is 57.4 Å². The highest BCUT2D eigenvalue weighted by Gasteiger charge is 2.29. The molecule has 20 heavy (non-hydrogen) atoms. The van der Waals surface area contributed by atoms with Crippen LogP contribution in [0.3, 0.4) is 0 Å². The molecule has 0 aliphatic carbocycles. The molecule has 2 saturated heterocycles. The monoisotopic (exact) mass is 414 g/mol. The van der Waals surface area contributed by atoms with Crippen molar-refractivity contribution in [3.05, 3.63) is 0 Å². The lowest BCUT2D eigenvalue weighted by Crippen LogP contribution is -2.53. The van der Waals surface area contributed by atoms with Crippen LogP contribution in [0.4, 0.5) is 0 Å². The van der Waals surface area contributed by atoms with E-state index < -0.39 is 0 Å². The van der Waals surface area contributed by atoms with Crippen LogP contribution < -0.4 is 5.73 Å². The number of morpholine rings is 1. The second-order valence-corrected chi connectivity index (χ2v) is 6.92. The van der Waals surface area contributed by atoms with Crippen molar-refractivity contribution in [3.8, 4) is 0 Å². The van der Waals surface area contributed by atoms with Gasteiger partial charge in [0.1, 0.15) is 0 Å². The topological polar surface area (TPSA) is 54.1 Å². The van der Waals surface area contributed by atoms with Crippen LogP contribution in [-0.2, 0) is 4.74 Å². The maximum Gasteiger partial charge on any atom is 0.191 e. The Morgan fingerprint density at radius 1 is 1.30 bits per heavy atom. The minimum absolute atomic E-state index is 0. The molecule has 0 aromatic rings. The Morgan fingerprint density at radius 2 is 2.00 bits per heavy atom. The lowest BCUT2D eigenvalue weighted by molar-refractivity contribution is -0.0491. The van der Waals surface area contributed by atoms with Gasteiger partial charge in [0.15, 0.2) is 5.96 Å². The second kappa shape index (κ2) is 8.65. The third-order valence-electron chi connectivity index (χ3n) is 3.80. The molecule has 0 spiro atoms. The molecule has 0 saturated carbocycles. The molecule has 2 rings (SSSR count). The number of halogens is 1. The van der Waals surface area contributed by atoms with Gasteiger partial charge in [-0.05, 0) is 13.8 Å². The molecule has 7 heteroatoms. The van der Waals surface area contributed by atoms with Crippen LogP contribution in [0.25, 0.3) is 0 Å². The molecule has 0 atom stereocenters. The molecule has 2 aliphatic rings. The van der Waals surface area contributed by atoms with Gasteiger partial charge in [-0.25, -0.2) is 0 Å². The van der Waals surface area contributed by atoms with Crippen molar-refractivity contribution in [1.82, 2.24) is 9.80 Å². The molecule has 2 aliphatic heterocycles. The van der Waals surface area contributed by atoms with E-state index in [1.165, 1.54) is 0 Å². The quantitative estimate of drug-likeness (QED) is 0.426. The van der Waals surface area contributed by atoms with E-state index in [-0.39, 0.29) is 29.5 Å². The van der Waals surface area contributed by atoms with E-state index in [1.54, 1.807) is 0 Å². The smallest absolute Gasteiger partial charge is 0.191 e. The molecule has 0 aromatic heterocycles. The largest absolute Gasteiger partial charge is 0.378 e. The van der Waals surface area contributed by atoms with Crippen molar-refractivity contribution in [2.45, 2.75) is 19.4 Å². The van der Waals surface area contributed by atoms with E-state index in [1.807, 2.05) is 11.8 Å². The number of aliphatic imine (C=N–C) groups is 1. The highest BCUT2D eigenvalue weighted by molar-refractivity contribution is 14.0. The van der Waals surface area contributed by atoms with Crippen molar-refractivity contribution in [3.63, 3.8) is 0 Å². The molecule has 5 nitrogen and oxygen atoms in total. The van der Waals surface area contributed by atoms with Gasteiger partial charge in [-0.1, -0.05) is 0 Å². The zero-order chi connectivity index (χ0) is 13.7. The molecular formula is C13H27IN4OS. The van der Waals surface area contributed by atoms with Gasteiger partial charge < -0.3 is 15.4 Å². The molecule has 2 fully saturated rings. The normalized spacial score (nSPS) is 24.3. The van der Waals surface area contributed by atoms with E-state index in [4.69, 9.17) is 10.5 Å². The number of guanidine groups is 1. The van der Waals surface area contributed by atoms with Crippen LogP contribution in [0, 0.1) is 0 Å². The fourth-order valence-corrected chi connectivity index (χ4v) is 3.39. The lowest BCUT2D eigenvalue weighted by atomic mass is 10.0. The fourth-order valence-electron chi connectivity index (χ4n) is 2.48. The second-order valence-electron chi connectivity index (χ2n) is 5.69. The standard InChI is InChI=1S/C13H26N4OS.HI/c1-13(2)11-18-8-5-17(13)4-3-15-12(14)16-6-9-19-10-7-16;/h3-11H2,1-2H3,(H2,14,15);1H. The number of thioether (sulfide) groups is 1. The summed E-state index contributed by atoms with van der Waals surface area (Å²) in [6.45, 7) is 10.9. The molecule has 0 radical (unpaired) electrons. The number of hydrogen-bond donors (Lipinski definition) is 1. The average molecular weight is 414 g/mol. The summed E-state index contributed by atoms with van der Waals surface area (Å²) in [5, 5.41) is 0. The van der Waals surface area contributed by atoms with E-state index in [2.05, 4.69) is 28.6 Å². The van der Waals surface area contributed by atoms with Gasteiger partial charge in [-0.15, -0.1) is 24.0 Å². The summed E-state index contributed by atoms with van der Waals surface area (Å²) >= 11 is 1.99. The van der Waals surface area contributed by atoms with Crippen molar-refractivity contribution in [1.29, 1.82) is 0 Å². The van der Waals surface area contributed by atoms with Gasteiger partial charge >= 0.3 is 0 Å². The average Bonchev–Trinajstić information content (AvgIpc) is 2.41. The van der Waals surface area contributed by atoms with E-state index in [9.17, 15) is 0 Å². The predicted octanol–water partition coefficient (Wildman–Crippen LogP) is 1.08. The highest BCUT2D eigenvalue weighted by atomic mass is 127. The molecule has 0 unspecified atom stereocenters. The van der Waals surface area contributed by atoms with Crippen LogP contribution >= 0.6 is 35.7 Å². The van der Waals surface area contributed by atoms with E-state index in [0.29, 0.717) is 5.96 Å². The fraction of sp³-hybridized carbons (Fsp3) is 0.923. The number of nitrogens with two attached hydrogens (primary N) is 1. The van der Waals surface area contributed by atoms with Crippen molar-refractivity contribution in [2.24, 2.45) is 10.7 Å². The SMILES string of the molecule is CC1(C)COCCN1CCN=C(N)N1CCSCC1.I. The van der Waals surface area contributed by atoms with Crippen molar-refractivity contribution in [2.75, 3.05) is 57.4 Å². The Balaban J connectivity index is 0.00000200. The third-order valence-corrected chi connectivity index (χ3v) is 4.74. The zero-order valence-electron chi connectivity index (χ0n) is 12.5. The van der Waals surface area contributed by atoms with Crippen LogP contribution in [0.5, 0.6) is 0 Å². The minimum atomic E-state index is 0. The maximum absolute atomic E-state index is 6.06. The van der Waals surface area contributed by atoms with Gasteiger partial charge in [0.2, 0.25) is 0 Å². The first-order valence-corrected chi connectivity index (χ1v) is 8.20. The van der Waals surface area contributed by atoms with Crippen molar-refractivity contribution >= 4 is 41.7 Å². The number of hydrogen-bond acceptors (Lipinski definition) is 4. The Labute approximate surface area is 143 Å². The Morgan fingerprint density at radius 3 is 2.65 bits per heavy atom. The Kier molecular flexibility index (Phi) is 7.92. The van der Waals surface area contributed by atoms with Crippen LogP contribution in [0.1, 0.15) is 13.8 Å². The van der Waals surface area contributed by atoms with Crippen LogP contribution in [0.15, 0.2) is 4.99 Å². The summed E-state index contributed by atoms with van der Waals surface area (Å²) in [6, 6.07) is 0. The van der Waals surface area contributed by atoms with Gasteiger partial charge in [0, 0.05) is 43.2 Å². The minimum Gasteiger partial charge on any atom is -0.378 e. The molecule has 118 valence electrons. The summed E-state index contributed by atoms with van der Waals surface area (Å²) in [6.07, 6.45) is 0. The summed E-state index contributed by atoms with van der Waals surface area (Å²) in [7, 11) is 0. The van der Waals surface area contributed by atoms with Crippen molar-refractivity contribution < 1.29 is 4.74 Å². The van der Waals surface area contributed by atoms with Gasteiger partial charge in [0.25, 0.3) is 0 Å². The molecule has 0 amide bonds. The first-order valence-electron chi connectivity index (χ1n) is 7.05. The lowest BCUT2D eigenvalue weighted by Gasteiger charge is -2.41. The molecule has 0 bridgehead atoms. The Bertz CT molecular complexity index is 321. The molecule has 2 N–H and O–H groups in total. The van der Waals surface area contributed by atoms with Gasteiger partial charge in [-0.2, -0.15) is 11.8 Å². The Hall–Kier alpha value is 0.270. The van der Waals surface area contributed by atoms with Crippen LogP contribution in [0.2, 0.25) is 0 Å². The highest BCUT2D eigenvalue weighted by Crippen LogP contribution is 2.18. The maximum atomic E-state index is 6.06. The predicted molar refractivity (Wildman–Crippen MR) is 97.3 cm³/mol. The summed E-state index contributed by atoms with van der Waals surface area (Å²) in [4.78, 5) is 9.18. The molecular weight excluding hydrogens is 387 g/mol. The summed E-state index contributed by atoms with van der Waals surface area (Å²) in [5.41, 5.74) is 6.17. The zero-order valence-corrected chi connectivity index (χ0v) is 15.7. The van der Waals surface area contributed by atoms with Gasteiger partial charge in [0.05, 0.1) is 19.8 Å². The number of nitrogens with zero attached hydrogens (tertiary/aromatic N) is 3.